The molecular weight excluding hydrogens is 430 g/mol. The molecule has 3 amide bonds. The first-order chi connectivity index (χ1) is 14.4. The molecule has 0 aliphatic carbocycles. The van der Waals surface area contributed by atoms with Gasteiger partial charge in [0.05, 0.1) is 12.9 Å². The first-order valence-electron chi connectivity index (χ1n) is 8.40. The average Bonchev–Trinajstić information content (AvgIpc) is 3.32. The number of aromatic nitrogens is 4. The normalized spacial score (nSPS) is 10.5. The maximum Gasteiger partial charge on any atom is 0.264 e. The molecular formula is C17H17N7O4S2. The van der Waals surface area contributed by atoms with Gasteiger partial charge in [0.15, 0.2) is 4.34 Å². The minimum atomic E-state index is -0.537. The van der Waals surface area contributed by atoms with Crippen LogP contribution in [0.25, 0.3) is 0 Å². The van der Waals surface area contributed by atoms with Crippen molar-refractivity contribution in [1.82, 2.24) is 20.0 Å². The van der Waals surface area contributed by atoms with Crippen LogP contribution in [0.3, 0.4) is 0 Å². The Morgan fingerprint density at radius 3 is 2.60 bits per heavy atom. The van der Waals surface area contributed by atoms with Crippen molar-refractivity contribution in [3.8, 4) is 5.88 Å². The zero-order valence-corrected chi connectivity index (χ0v) is 17.5. The Labute approximate surface area is 179 Å². The number of nitrogens with one attached hydrogen (secondary N) is 2. The van der Waals surface area contributed by atoms with Crippen molar-refractivity contribution >= 4 is 51.6 Å². The number of amides is 3. The minimum absolute atomic E-state index is 0.0938. The Balaban J connectivity index is 1.52. The molecule has 3 rings (SSSR count). The maximum atomic E-state index is 12.3. The fourth-order valence-corrected chi connectivity index (χ4v) is 3.85. The van der Waals surface area contributed by atoms with Gasteiger partial charge < -0.3 is 15.8 Å². The molecule has 2 aromatic heterocycles. The van der Waals surface area contributed by atoms with E-state index in [-0.39, 0.29) is 28.2 Å². The number of thioether (sulfide) groups is 1. The Morgan fingerprint density at radius 2 is 1.93 bits per heavy atom. The molecule has 11 nitrogen and oxygen atoms in total. The lowest BCUT2D eigenvalue weighted by Crippen LogP contribution is -2.14. The summed E-state index contributed by atoms with van der Waals surface area (Å²) < 4.78 is 7.05. The van der Waals surface area contributed by atoms with Gasteiger partial charge in [-0.1, -0.05) is 23.1 Å². The van der Waals surface area contributed by atoms with Crippen LogP contribution in [0.4, 0.5) is 10.8 Å². The third-order valence-corrected chi connectivity index (χ3v) is 5.61. The Bertz CT molecular complexity index is 1080. The van der Waals surface area contributed by atoms with Crippen LogP contribution in [0.2, 0.25) is 0 Å². The number of rotatable bonds is 8. The number of hydrogen-bond donors (Lipinski definition) is 3. The van der Waals surface area contributed by atoms with E-state index in [1.54, 1.807) is 19.2 Å². The van der Waals surface area contributed by atoms with E-state index in [1.165, 1.54) is 41.9 Å². The summed E-state index contributed by atoms with van der Waals surface area (Å²) in [7, 11) is 3.10. The molecule has 0 radical (unpaired) electrons. The van der Waals surface area contributed by atoms with Gasteiger partial charge >= 0.3 is 0 Å². The zero-order chi connectivity index (χ0) is 21.7. The van der Waals surface area contributed by atoms with Gasteiger partial charge in [-0.3, -0.25) is 24.4 Å². The van der Waals surface area contributed by atoms with E-state index < -0.39 is 11.8 Å². The van der Waals surface area contributed by atoms with Crippen LogP contribution < -0.4 is 21.1 Å². The Morgan fingerprint density at radius 1 is 1.20 bits per heavy atom. The van der Waals surface area contributed by atoms with E-state index in [2.05, 4.69) is 25.9 Å². The number of carbonyl (C=O) groups excluding carboxylic acids is 3. The van der Waals surface area contributed by atoms with E-state index in [0.29, 0.717) is 15.6 Å². The highest BCUT2D eigenvalue weighted by atomic mass is 32.2. The van der Waals surface area contributed by atoms with Gasteiger partial charge in [0.25, 0.3) is 5.91 Å². The van der Waals surface area contributed by atoms with Crippen molar-refractivity contribution in [3.05, 3.63) is 41.6 Å². The molecule has 0 saturated carbocycles. The lowest BCUT2D eigenvalue weighted by molar-refractivity contribution is -0.113. The van der Waals surface area contributed by atoms with Crippen LogP contribution in [0.15, 0.2) is 34.8 Å². The van der Waals surface area contributed by atoms with Crippen LogP contribution in [-0.4, -0.2) is 50.6 Å². The average molecular weight is 448 g/mol. The molecule has 3 aromatic rings. The van der Waals surface area contributed by atoms with E-state index >= 15 is 0 Å². The summed E-state index contributed by atoms with van der Waals surface area (Å²) in [6, 6.07) is 6.24. The fourth-order valence-electron chi connectivity index (χ4n) is 2.30. The Kier molecular flexibility index (Phi) is 6.64. The summed E-state index contributed by atoms with van der Waals surface area (Å²) in [6.45, 7) is 0. The van der Waals surface area contributed by atoms with Crippen molar-refractivity contribution in [1.29, 1.82) is 0 Å². The number of ether oxygens (including phenoxy) is 1. The van der Waals surface area contributed by atoms with E-state index in [9.17, 15) is 14.4 Å². The van der Waals surface area contributed by atoms with Gasteiger partial charge in [0.2, 0.25) is 22.8 Å². The highest BCUT2D eigenvalue weighted by Gasteiger charge is 2.18. The van der Waals surface area contributed by atoms with E-state index in [4.69, 9.17) is 10.5 Å². The highest BCUT2D eigenvalue weighted by molar-refractivity contribution is 8.01. The summed E-state index contributed by atoms with van der Waals surface area (Å²) >= 11 is 2.32. The number of benzene rings is 1. The van der Waals surface area contributed by atoms with Crippen LogP contribution in [-0.2, 0) is 11.8 Å². The van der Waals surface area contributed by atoms with E-state index in [1.807, 2.05) is 0 Å². The lowest BCUT2D eigenvalue weighted by Gasteiger charge is -2.04. The molecule has 2 heterocycles. The van der Waals surface area contributed by atoms with Crippen molar-refractivity contribution in [3.63, 3.8) is 0 Å². The second kappa shape index (κ2) is 9.37. The second-order valence-corrected chi connectivity index (χ2v) is 8.03. The van der Waals surface area contributed by atoms with Crippen LogP contribution in [0, 0.1) is 0 Å². The summed E-state index contributed by atoms with van der Waals surface area (Å²) in [5, 5.41) is 17.5. The molecule has 30 heavy (non-hydrogen) atoms. The predicted molar refractivity (Wildman–Crippen MR) is 112 cm³/mol. The largest absolute Gasteiger partial charge is 0.479 e. The van der Waals surface area contributed by atoms with Crippen molar-refractivity contribution in [2.45, 2.75) is 4.34 Å². The van der Waals surface area contributed by atoms with Gasteiger partial charge in [-0.25, -0.2) is 0 Å². The number of hydrogen-bond acceptors (Lipinski definition) is 9. The van der Waals surface area contributed by atoms with Crippen LogP contribution >= 0.6 is 23.1 Å². The van der Waals surface area contributed by atoms with Gasteiger partial charge in [0, 0.05) is 24.5 Å². The number of primary amides is 1. The SMILES string of the molecule is COc1nn(C)cc1C(=O)Nc1nnc(SCC(=O)Nc2ccc(C(N)=O)cc2)s1. The maximum absolute atomic E-state index is 12.3. The topological polar surface area (TPSA) is 154 Å². The molecule has 156 valence electrons. The minimum Gasteiger partial charge on any atom is -0.479 e. The number of nitrogens with zero attached hydrogens (tertiary/aromatic N) is 4. The molecule has 13 heteroatoms. The number of methoxy groups -OCH3 is 1. The van der Waals surface area contributed by atoms with E-state index in [0.717, 1.165) is 11.3 Å². The number of nitrogens with two attached hydrogens (primary N) is 1. The molecule has 0 fully saturated rings. The lowest BCUT2D eigenvalue weighted by atomic mass is 10.2. The highest BCUT2D eigenvalue weighted by Crippen LogP contribution is 2.26. The smallest absolute Gasteiger partial charge is 0.264 e. The third-order valence-electron chi connectivity index (χ3n) is 3.64. The Hall–Kier alpha value is -3.45. The summed E-state index contributed by atoms with van der Waals surface area (Å²) in [6.07, 6.45) is 1.53. The fraction of sp³-hybridized carbons (Fsp3) is 0.176. The molecule has 0 atom stereocenters. The van der Waals surface area contributed by atoms with Gasteiger partial charge in [-0.2, -0.15) is 0 Å². The molecule has 0 unspecified atom stereocenters. The van der Waals surface area contributed by atoms with Crippen LogP contribution in [0.1, 0.15) is 20.7 Å². The first kappa shape index (κ1) is 21.3. The number of carbonyl (C=O) groups is 3. The predicted octanol–water partition coefficient (Wildman–Crippen LogP) is 1.36. The monoisotopic (exact) mass is 447 g/mol. The summed E-state index contributed by atoms with van der Waals surface area (Å²) in [5.74, 6) is -0.923. The van der Waals surface area contributed by atoms with Crippen molar-refractivity contribution in [2.75, 3.05) is 23.5 Å². The van der Waals surface area contributed by atoms with Crippen molar-refractivity contribution < 1.29 is 19.1 Å². The molecule has 0 spiro atoms. The number of aryl methyl sites for hydroxylation is 1. The van der Waals surface area contributed by atoms with Gasteiger partial charge in [-0.05, 0) is 24.3 Å². The summed E-state index contributed by atoms with van der Waals surface area (Å²) in [5.41, 5.74) is 6.35. The standard InChI is InChI=1S/C17H17N7O4S2/c1-24-7-11(15(23-24)28-2)14(27)20-16-21-22-17(30-16)29-8-12(25)19-10-5-3-9(4-6-10)13(18)26/h3-7H,8H2,1-2H3,(H2,18,26)(H,19,25)(H,20,21,27). The molecule has 4 N–H and O–H groups in total. The third kappa shape index (κ3) is 5.33. The molecule has 0 bridgehead atoms. The molecule has 0 aliphatic heterocycles. The van der Waals surface area contributed by atoms with Gasteiger partial charge in [-0.15, -0.1) is 15.3 Å². The van der Waals surface area contributed by atoms with Crippen LogP contribution in [0.5, 0.6) is 5.88 Å². The van der Waals surface area contributed by atoms with Gasteiger partial charge in [0.1, 0.15) is 5.56 Å². The first-order valence-corrected chi connectivity index (χ1v) is 10.2. The van der Waals surface area contributed by atoms with Crippen molar-refractivity contribution in [2.24, 2.45) is 12.8 Å². The molecule has 1 aromatic carbocycles. The number of anilines is 2. The molecule has 0 aliphatic rings. The summed E-state index contributed by atoms with van der Waals surface area (Å²) in [4.78, 5) is 35.5. The zero-order valence-electron chi connectivity index (χ0n) is 15.9. The molecule has 0 saturated heterocycles. The quantitative estimate of drug-likeness (QED) is 0.345. The second-order valence-electron chi connectivity index (χ2n) is 5.83.